The Balaban J connectivity index is 0.942. The summed E-state index contributed by atoms with van der Waals surface area (Å²) in [6.07, 6.45) is 2.38. The van der Waals surface area contributed by atoms with E-state index in [2.05, 4.69) is 67.3 Å². The van der Waals surface area contributed by atoms with Gasteiger partial charge in [-0.15, -0.1) is 0 Å². The molecule has 5 heterocycles. The highest BCUT2D eigenvalue weighted by atomic mass is 17.3. The third-order valence-electron chi connectivity index (χ3n) is 11.2. The van der Waals surface area contributed by atoms with Crippen LogP contribution in [0.2, 0.25) is 0 Å². The Bertz CT molecular complexity index is 1310. The molecule has 8 atom stereocenters. The Hall–Kier alpha value is -2.82. The lowest BCUT2D eigenvalue weighted by Crippen LogP contribution is -2.70. The van der Waals surface area contributed by atoms with Crippen molar-refractivity contribution >= 4 is 11.9 Å². The zero-order valence-corrected chi connectivity index (χ0v) is 26.6. The van der Waals surface area contributed by atoms with Gasteiger partial charge in [-0.05, 0) is 49.1 Å². The van der Waals surface area contributed by atoms with Gasteiger partial charge in [-0.25, -0.2) is 9.78 Å². The molecule has 242 valence electrons. The van der Waals surface area contributed by atoms with E-state index < -0.39 is 29.9 Å². The van der Waals surface area contributed by atoms with Gasteiger partial charge in [0.05, 0.1) is 12.5 Å². The number of rotatable bonds is 7. The Morgan fingerprint density at radius 3 is 2.20 bits per heavy atom. The molecule has 45 heavy (non-hydrogen) atoms. The number of carbonyl (C=O) groups is 2. The monoisotopic (exact) mass is 618 g/mol. The third kappa shape index (κ3) is 5.71. The lowest BCUT2D eigenvalue weighted by molar-refractivity contribution is -0.576. The molecule has 9 nitrogen and oxygen atoms in total. The van der Waals surface area contributed by atoms with Crippen LogP contribution >= 0.6 is 0 Å². The van der Waals surface area contributed by atoms with Gasteiger partial charge in [-0.2, -0.15) is 0 Å². The maximum Gasteiger partial charge on any atom is 0.308 e. The Labute approximate surface area is 266 Å². The van der Waals surface area contributed by atoms with E-state index >= 15 is 0 Å². The summed E-state index contributed by atoms with van der Waals surface area (Å²) >= 11 is 0. The normalized spacial score (nSPS) is 36.3. The van der Waals surface area contributed by atoms with Crippen molar-refractivity contribution in [3.8, 4) is 0 Å². The molecule has 6 aliphatic rings. The van der Waals surface area contributed by atoms with Crippen LogP contribution in [-0.2, 0) is 33.6 Å². The summed E-state index contributed by atoms with van der Waals surface area (Å²) in [7, 11) is 0. The number of fused-ring (bicyclic) bond motifs is 2. The van der Waals surface area contributed by atoms with Crippen LogP contribution in [-0.4, -0.2) is 71.8 Å². The van der Waals surface area contributed by atoms with Crippen molar-refractivity contribution in [1.29, 1.82) is 0 Å². The van der Waals surface area contributed by atoms with Crippen molar-refractivity contribution in [2.75, 3.05) is 26.2 Å². The number of amides is 1. The number of esters is 1. The van der Waals surface area contributed by atoms with Crippen molar-refractivity contribution in [3.05, 3.63) is 71.8 Å². The first kappa shape index (κ1) is 30.8. The predicted octanol–water partition coefficient (Wildman–Crippen LogP) is 5.45. The van der Waals surface area contributed by atoms with E-state index in [1.165, 1.54) is 11.1 Å². The lowest BCUT2D eigenvalue weighted by atomic mass is 9.58. The summed E-state index contributed by atoms with van der Waals surface area (Å²) in [5.74, 6) is -0.643. The minimum Gasteiger partial charge on any atom is -0.435 e. The van der Waals surface area contributed by atoms with Gasteiger partial charge in [0, 0.05) is 50.9 Å². The maximum atomic E-state index is 13.2. The van der Waals surface area contributed by atoms with E-state index in [1.54, 1.807) is 0 Å². The SMILES string of the molecule is C[C@H]1[C@H](OC(=O)CCC(=O)N2CCN(C(c3ccccc3)c3ccccc3)CC2)O[C@@H]2O[C@]3(C)CC[C@@H]4[C@H](C)CC[C@H]1[C@@]24OO3. The topological polar surface area (TPSA) is 86.8 Å². The molecule has 0 aromatic heterocycles. The van der Waals surface area contributed by atoms with Gasteiger partial charge < -0.3 is 19.1 Å². The van der Waals surface area contributed by atoms with Crippen LogP contribution in [0.4, 0.5) is 0 Å². The van der Waals surface area contributed by atoms with Crippen LogP contribution in [0.1, 0.15) is 76.5 Å². The molecule has 1 spiro atoms. The molecule has 9 heteroatoms. The van der Waals surface area contributed by atoms with Gasteiger partial charge in [0.25, 0.3) is 0 Å². The number of nitrogens with zero attached hydrogens (tertiary/aromatic N) is 2. The van der Waals surface area contributed by atoms with Gasteiger partial charge in [-0.3, -0.25) is 14.5 Å². The molecule has 2 aromatic rings. The van der Waals surface area contributed by atoms with E-state index in [0.29, 0.717) is 19.0 Å². The third-order valence-corrected chi connectivity index (χ3v) is 11.2. The highest BCUT2D eigenvalue weighted by molar-refractivity contribution is 5.81. The van der Waals surface area contributed by atoms with Crippen molar-refractivity contribution in [2.45, 2.75) is 89.3 Å². The molecule has 5 saturated heterocycles. The molecule has 2 bridgehead atoms. The van der Waals surface area contributed by atoms with Gasteiger partial charge in [0.1, 0.15) is 0 Å². The van der Waals surface area contributed by atoms with Gasteiger partial charge in [-0.1, -0.05) is 74.5 Å². The van der Waals surface area contributed by atoms with Crippen LogP contribution < -0.4 is 0 Å². The molecule has 1 amide bonds. The molecular weight excluding hydrogens is 572 g/mol. The number of hydrogen-bond donors (Lipinski definition) is 0. The smallest absolute Gasteiger partial charge is 0.308 e. The van der Waals surface area contributed by atoms with Crippen LogP contribution in [0, 0.1) is 23.7 Å². The second-order valence-electron chi connectivity index (χ2n) is 13.9. The second kappa shape index (κ2) is 12.4. The second-order valence-corrected chi connectivity index (χ2v) is 13.9. The van der Waals surface area contributed by atoms with E-state index in [-0.39, 0.29) is 42.5 Å². The largest absolute Gasteiger partial charge is 0.435 e. The van der Waals surface area contributed by atoms with Crippen molar-refractivity contribution in [3.63, 3.8) is 0 Å². The zero-order valence-electron chi connectivity index (χ0n) is 26.6. The quantitative estimate of drug-likeness (QED) is 0.299. The molecule has 6 fully saturated rings. The summed E-state index contributed by atoms with van der Waals surface area (Å²) in [5.41, 5.74) is 1.78. The average molecular weight is 619 g/mol. The summed E-state index contributed by atoms with van der Waals surface area (Å²) in [4.78, 5) is 42.7. The molecule has 1 saturated carbocycles. The van der Waals surface area contributed by atoms with E-state index in [4.69, 9.17) is 24.0 Å². The van der Waals surface area contributed by atoms with Crippen LogP contribution in [0.25, 0.3) is 0 Å². The molecule has 0 radical (unpaired) electrons. The van der Waals surface area contributed by atoms with Crippen LogP contribution in [0.3, 0.4) is 0 Å². The number of benzene rings is 2. The van der Waals surface area contributed by atoms with E-state index in [1.807, 2.05) is 24.0 Å². The molecular formula is C36H46N2O7. The molecule has 0 N–H and O–H groups in total. The standard InChI is InChI=1S/C36H46N2O7/c1-24-14-15-29-25(2)33(42-34-36(29)28(24)18-19-35(3,43-34)44-45-36)41-31(40)17-16-30(39)37-20-22-38(23-21-37)32(26-10-6-4-7-11-26)27-12-8-5-9-13-27/h4-13,24-25,28-29,32-34H,14-23H2,1-3H3/t24-,25-,28-,29-,33-,34-,35+,36-/m1/s1. The average Bonchev–Trinajstić information content (AvgIpc) is 3.29. The fourth-order valence-corrected chi connectivity index (χ4v) is 8.68. The highest BCUT2D eigenvalue weighted by Gasteiger charge is 2.69. The fourth-order valence-electron chi connectivity index (χ4n) is 8.68. The van der Waals surface area contributed by atoms with Gasteiger partial charge >= 0.3 is 5.97 Å². The first-order chi connectivity index (χ1) is 21.8. The summed E-state index contributed by atoms with van der Waals surface area (Å²) < 4.78 is 18.7. The number of piperazine rings is 1. The Morgan fingerprint density at radius 2 is 1.53 bits per heavy atom. The van der Waals surface area contributed by atoms with Gasteiger partial charge in [0.15, 0.2) is 11.9 Å². The first-order valence-electron chi connectivity index (χ1n) is 16.8. The zero-order chi connectivity index (χ0) is 31.2. The molecule has 8 rings (SSSR count). The lowest BCUT2D eigenvalue weighted by Gasteiger charge is -2.59. The highest BCUT2D eigenvalue weighted by Crippen LogP contribution is 2.60. The van der Waals surface area contributed by atoms with E-state index in [9.17, 15) is 9.59 Å². The predicted molar refractivity (Wildman–Crippen MR) is 165 cm³/mol. The van der Waals surface area contributed by atoms with Crippen LogP contribution in [0.15, 0.2) is 60.7 Å². The molecule has 1 aliphatic carbocycles. The number of ether oxygens (including phenoxy) is 3. The Kier molecular flexibility index (Phi) is 8.50. The summed E-state index contributed by atoms with van der Waals surface area (Å²) in [6.45, 7) is 8.97. The number of carbonyl (C=O) groups excluding carboxylic acids is 2. The minimum atomic E-state index is -0.884. The minimum absolute atomic E-state index is 0.0145. The maximum absolute atomic E-state index is 13.2. The molecule has 0 unspecified atom stereocenters. The summed E-state index contributed by atoms with van der Waals surface area (Å²) in [6, 6.07) is 21.2. The number of hydrogen-bond acceptors (Lipinski definition) is 8. The van der Waals surface area contributed by atoms with Crippen LogP contribution in [0.5, 0.6) is 0 Å². The van der Waals surface area contributed by atoms with Crippen molar-refractivity contribution in [2.24, 2.45) is 23.7 Å². The fraction of sp³-hybridized carbons (Fsp3) is 0.611. The first-order valence-corrected chi connectivity index (χ1v) is 16.8. The van der Waals surface area contributed by atoms with Crippen molar-refractivity contribution in [1.82, 2.24) is 9.80 Å². The van der Waals surface area contributed by atoms with Gasteiger partial charge in [0.2, 0.25) is 18.0 Å². The Morgan fingerprint density at radius 1 is 0.867 bits per heavy atom. The molecule has 5 aliphatic heterocycles. The van der Waals surface area contributed by atoms with Crippen molar-refractivity contribution < 1.29 is 33.6 Å². The summed E-state index contributed by atoms with van der Waals surface area (Å²) in [5, 5.41) is 0. The van der Waals surface area contributed by atoms with E-state index in [0.717, 1.165) is 38.8 Å². The molecule has 2 aromatic carbocycles.